The van der Waals surface area contributed by atoms with Gasteiger partial charge in [-0.2, -0.15) is 0 Å². The van der Waals surface area contributed by atoms with Gasteiger partial charge in [0.2, 0.25) is 5.91 Å². The Balaban J connectivity index is 1.65. The Bertz CT molecular complexity index is 483. The van der Waals surface area contributed by atoms with Gasteiger partial charge in [0.05, 0.1) is 18.8 Å². The molecule has 1 N–H and O–H groups in total. The lowest BCUT2D eigenvalue weighted by Gasteiger charge is -2.30. The standard InChI is InChI=1S/C15H20N2O2/c1-11-2-5-13-14(8-11)19-7-6-17(13)15(18)10-16-9-12-3-4-12/h2,5,8,12,16H,3-4,6-7,9-10H2,1H3. The number of carbonyl (C=O) groups excluding carboxylic acids is 1. The summed E-state index contributed by atoms with van der Waals surface area (Å²) in [6.07, 6.45) is 2.61. The highest BCUT2D eigenvalue weighted by atomic mass is 16.5. The fourth-order valence-corrected chi connectivity index (χ4v) is 2.39. The van der Waals surface area contributed by atoms with Crippen LogP contribution in [0.5, 0.6) is 5.75 Å². The summed E-state index contributed by atoms with van der Waals surface area (Å²) in [6.45, 7) is 4.63. The van der Waals surface area contributed by atoms with Gasteiger partial charge in [0.25, 0.3) is 0 Å². The average molecular weight is 260 g/mol. The van der Waals surface area contributed by atoms with Gasteiger partial charge >= 0.3 is 0 Å². The Labute approximate surface area is 113 Å². The molecule has 1 aromatic carbocycles. The van der Waals surface area contributed by atoms with Crippen molar-refractivity contribution in [3.05, 3.63) is 23.8 Å². The average Bonchev–Trinajstić information content (AvgIpc) is 3.21. The van der Waals surface area contributed by atoms with Crippen LogP contribution in [-0.4, -0.2) is 32.1 Å². The molecule has 3 rings (SSSR count). The third kappa shape index (κ3) is 2.89. The molecule has 102 valence electrons. The minimum atomic E-state index is 0.133. The third-order valence-corrected chi connectivity index (χ3v) is 3.69. The molecule has 0 aromatic heterocycles. The third-order valence-electron chi connectivity index (χ3n) is 3.69. The number of carbonyl (C=O) groups is 1. The molecule has 1 fully saturated rings. The number of ether oxygens (including phenoxy) is 1. The lowest BCUT2D eigenvalue weighted by molar-refractivity contribution is -0.118. The maximum absolute atomic E-state index is 12.3. The summed E-state index contributed by atoms with van der Waals surface area (Å²) in [6, 6.07) is 5.99. The molecule has 4 nitrogen and oxygen atoms in total. The smallest absolute Gasteiger partial charge is 0.241 e. The number of rotatable bonds is 4. The first-order chi connectivity index (χ1) is 9.24. The van der Waals surface area contributed by atoms with Gasteiger partial charge in [-0.3, -0.25) is 4.79 Å². The quantitative estimate of drug-likeness (QED) is 0.896. The normalized spacial score (nSPS) is 17.8. The van der Waals surface area contributed by atoms with E-state index in [0.29, 0.717) is 19.7 Å². The maximum atomic E-state index is 12.3. The highest BCUT2D eigenvalue weighted by molar-refractivity contribution is 5.96. The number of amides is 1. The second-order valence-electron chi connectivity index (χ2n) is 5.44. The first kappa shape index (κ1) is 12.5. The van der Waals surface area contributed by atoms with Crippen molar-refractivity contribution >= 4 is 11.6 Å². The summed E-state index contributed by atoms with van der Waals surface area (Å²) in [4.78, 5) is 14.1. The number of anilines is 1. The molecule has 0 spiro atoms. The van der Waals surface area contributed by atoms with E-state index in [4.69, 9.17) is 4.74 Å². The van der Waals surface area contributed by atoms with Crippen LogP contribution in [0, 0.1) is 12.8 Å². The first-order valence-corrected chi connectivity index (χ1v) is 6.98. The molecule has 19 heavy (non-hydrogen) atoms. The van der Waals surface area contributed by atoms with Crippen LogP contribution in [0.4, 0.5) is 5.69 Å². The van der Waals surface area contributed by atoms with Gasteiger partial charge in [0, 0.05) is 0 Å². The molecular weight excluding hydrogens is 240 g/mol. The molecule has 2 aliphatic rings. The molecule has 0 unspecified atom stereocenters. The van der Waals surface area contributed by atoms with Crippen molar-refractivity contribution < 1.29 is 9.53 Å². The SMILES string of the molecule is Cc1ccc2c(c1)OCCN2C(=O)CNCC1CC1. The molecule has 1 heterocycles. The van der Waals surface area contributed by atoms with Crippen LogP contribution in [0.25, 0.3) is 0 Å². The minimum absolute atomic E-state index is 0.133. The number of aryl methyl sites for hydroxylation is 1. The second-order valence-corrected chi connectivity index (χ2v) is 5.44. The molecule has 0 atom stereocenters. The first-order valence-electron chi connectivity index (χ1n) is 6.98. The Morgan fingerprint density at radius 1 is 1.47 bits per heavy atom. The Morgan fingerprint density at radius 3 is 3.11 bits per heavy atom. The van der Waals surface area contributed by atoms with Crippen molar-refractivity contribution in [3.63, 3.8) is 0 Å². The summed E-state index contributed by atoms with van der Waals surface area (Å²) >= 11 is 0. The molecule has 4 heteroatoms. The fourth-order valence-electron chi connectivity index (χ4n) is 2.39. The van der Waals surface area contributed by atoms with Crippen LogP contribution in [0.1, 0.15) is 18.4 Å². The van der Waals surface area contributed by atoms with Crippen LogP contribution in [0.2, 0.25) is 0 Å². The molecule has 0 saturated heterocycles. The van der Waals surface area contributed by atoms with E-state index in [2.05, 4.69) is 5.32 Å². The van der Waals surface area contributed by atoms with Crippen molar-refractivity contribution in [2.75, 3.05) is 31.1 Å². The predicted molar refractivity (Wildman–Crippen MR) is 74.6 cm³/mol. The monoisotopic (exact) mass is 260 g/mol. The van der Waals surface area contributed by atoms with E-state index in [1.165, 1.54) is 12.8 Å². The van der Waals surface area contributed by atoms with Gasteiger partial charge in [-0.15, -0.1) is 0 Å². The second kappa shape index (κ2) is 5.21. The highest BCUT2D eigenvalue weighted by Gasteiger charge is 2.25. The fraction of sp³-hybridized carbons (Fsp3) is 0.533. The van der Waals surface area contributed by atoms with Crippen molar-refractivity contribution in [3.8, 4) is 5.75 Å². The zero-order chi connectivity index (χ0) is 13.2. The van der Waals surface area contributed by atoms with Crippen LogP contribution in [-0.2, 0) is 4.79 Å². The van der Waals surface area contributed by atoms with E-state index in [0.717, 1.165) is 29.5 Å². The Hall–Kier alpha value is -1.55. The van der Waals surface area contributed by atoms with Crippen LogP contribution < -0.4 is 15.0 Å². The zero-order valence-corrected chi connectivity index (χ0v) is 11.3. The summed E-state index contributed by atoms with van der Waals surface area (Å²) in [5.74, 6) is 1.75. The Morgan fingerprint density at radius 2 is 2.32 bits per heavy atom. The van der Waals surface area contributed by atoms with Gasteiger partial charge in [0.15, 0.2) is 0 Å². The predicted octanol–water partition coefficient (Wildman–Crippen LogP) is 1.72. The number of hydrogen-bond acceptors (Lipinski definition) is 3. The van der Waals surface area contributed by atoms with Crippen molar-refractivity contribution in [2.45, 2.75) is 19.8 Å². The van der Waals surface area contributed by atoms with Crippen molar-refractivity contribution in [2.24, 2.45) is 5.92 Å². The molecule has 0 radical (unpaired) electrons. The molecular formula is C15H20N2O2. The molecule has 1 aromatic rings. The molecule has 1 saturated carbocycles. The zero-order valence-electron chi connectivity index (χ0n) is 11.3. The Kier molecular flexibility index (Phi) is 3.42. The largest absolute Gasteiger partial charge is 0.490 e. The topological polar surface area (TPSA) is 41.6 Å². The molecule has 1 aliphatic carbocycles. The summed E-state index contributed by atoms with van der Waals surface area (Å²) in [5, 5.41) is 3.25. The van der Waals surface area contributed by atoms with Crippen LogP contribution >= 0.6 is 0 Å². The lowest BCUT2D eigenvalue weighted by atomic mass is 10.1. The van der Waals surface area contributed by atoms with E-state index in [9.17, 15) is 4.79 Å². The number of hydrogen-bond donors (Lipinski definition) is 1. The minimum Gasteiger partial charge on any atom is -0.490 e. The van der Waals surface area contributed by atoms with Crippen molar-refractivity contribution in [1.29, 1.82) is 0 Å². The molecule has 1 aliphatic heterocycles. The van der Waals surface area contributed by atoms with E-state index in [-0.39, 0.29) is 5.91 Å². The van der Waals surface area contributed by atoms with Gasteiger partial charge in [-0.1, -0.05) is 6.07 Å². The van der Waals surface area contributed by atoms with Crippen LogP contribution in [0.15, 0.2) is 18.2 Å². The maximum Gasteiger partial charge on any atom is 0.241 e. The van der Waals surface area contributed by atoms with Gasteiger partial charge in [-0.25, -0.2) is 0 Å². The summed E-state index contributed by atoms with van der Waals surface area (Å²) in [5.41, 5.74) is 2.05. The van der Waals surface area contributed by atoms with Crippen LogP contribution in [0.3, 0.4) is 0 Å². The lowest BCUT2D eigenvalue weighted by Crippen LogP contribution is -2.43. The van der Waals surface area contributed by atoms with E-state index in [1.807, 2.05) is 30.0 Å². The van der Waals surface area contributed by atoms with Crippen molar-refractivity contribution in [1.82, 2.24) is 5.32 Å². The molecule has 1 amide bonds. The van der Waals surface area contributed by atoms with E-state index < -0.39 is 0 Å². The number of nitrogens with one attached hydrogen (secondary N) is 1. The number of benzene rings is 1. The van der Waals surface area contributed by atoms with Gasteiger partial charge in [0.1, 0.15) is 12.4 Å². The summed E-state index contributed by atoms with van der Waals surface area (Å²) < 4.78 is 5.62. The summed E-state index contributed by atoms with van der Waals surface area (Å²) in [7, 11) is 0. The van der Waals surface area contributed by atoms with E-state index >= 15 is 0 Å². The van der Waals surface area contributed by atoms with E-state index in [1.54, 1.807) is 0 Å². The van der Waals surface area contributed by atoms with Gasteiger partial charge in [-0.05, 0) is 49.9 Å². The number of fused-ring (bicyclic) bond motifs is 1. The number of nitrogens with zero attached hydrogens (tertiary/aromatic N) is 1. The molecule has 0 bridgehead atoms. The highest BCUT2D eigenvalue weighted by Crippen LogP contribution is 2.32. The van der Waals surface area contributed by atoms with Gasteiger partial charge < -0.3 is 15.0 Å².